The topological polar surface area (TPSA) is 201 Å². The van der Waals surface area contributed by atoms with Crippen molar-refractivity contribution < 1.29 is 37.1 Å². The highest BCUT2D eigenvalue weighted by atomic mass is 79.9. The number of nitrogens with zero attached hydrogens (tertiary/aromatic N) is 4. The summed E-state index contributed by atoms with van der Waals surface area (Å²) < 4.78 is 45.0. The summed E-state index contributed by atoms with van der Waals surface area (Å²) in [5.74, 6) is 0.312. The largest absolute Gasteiger partial charge is 0.494 e. The third kappa shape index (κ3) is 9.55. The molecule has 16 heteroatoms. The number of ether oxygens (including phenoxy) is 2. The molecule has 236 valence electrons. The van der Waals surface area contributed by atoms with E-state index in [1.807, 2.05) is 29.0 Å². The molecule has 1 saturated heterocycles. The lowest BCUT2D eigenvalue weighted by Gasteiger charge is -2.16. The van der Waals surface area contributed by atoms with Crippen LogP contribution in [0.2, 0.25) is 0 Å². The predicted octanol–water partition coefficient (Wildman–Crippen LogP) is 2.76. The summed E-state index contributed by atoms with van der Waals surface area (Å²) in [6.07, 6.45) is 4.97. The summed E-state index contributed by atoms with van der Waals surface area (Å²) in [4.78, 5) is 24.2. The molecule has 5 N–H and O–H groups in total. The minimum Gasteiger partial charge on any atom is -0.494 e. The summed E-state index contributed by atoms with van der Waals surface area (Å²) in [6, 6.07) is 7.77. The van der Waals surface area contributed by atoms with Gasteiger partial charge in [0.25, 0.3) is 0 Å². The monoisotopic (exact) mass is 684 g/mol. The normalized spacial score (nSPS) is 20.4. The highest BCUT2D eigenvalue weighted by Gasteiger charge is 2.45. The fourth-order valence-electron chi connectivity index (χ4n) is 4.70. The maximum Gasteiger partial charge on any atom is 0.362 e. The van der Waals surface area contributed by atoms with Gasteiger partial charge in [-0.05, 0) is 37.1 Å². The number of carbonyl (C=O) groups excluding carboxylic acids is 1. The van der Waals surface area contributed by atoms with Crippen molar-refractivity contribution >= 4 is 49.1 Å². The van der Waals surface area contributed by atoms with Crippen LogP contribution in [0.5, 0.6) is 5.75 Å². The minimum atomic E-state index is -4.44. The van der Waals surface area contributed by atoms with E-state index in [4.69, 9.17) is 19.4 Å². The number of hydrogen-bond acceptors (Lipinski definition) is 12. The minimum absolute atomic E-state index is 0.0397. The maximum atomic E-state index is 12.3. The Balaban J connectivity index is 1.06. The molecule has 14 nitrogen and oxygen atoms in total. The van der Waals surface area contributed by atoms with Crippen LogP contribution in [0.25, 0.3) is 11.2 Å². The summed E-state index contributed by atoms with van der Waals surface area (Å²) in [7, 11) is -4.44. The van der Waals surface area contributed by atoms with E-state index < -0.39 is 47.4 Å². The Bertz CT molecular complexity index is 1440. The molecule has 0 unspecified atom stereocenters. The average Bonchev–Trinajstić information content (AvgIpc) is 3.52. The van der Waals surface area contributed by atoms with Crippen molar-refractivity contribution in [3.63, 3.8) is 0 Å². The first kappa shape index (κ1) is 33.0. The quantitative estimate of drug-likeness (QED) is 0.152. The second kappa shape index (κ2) is 15.7. The lowest BCUT2D eigenvalue weighted by Crippen LogP contribution is -2.37. The molecule has 1 aromatic carbocycles. The third-order valence-electron chi connectivity index (χ3n) is 7.01. The van der Waals surface area contributed by atoms with Gasteiger partial charge < -0.3 is 25.4 Å². The zero-order valence-electron chi connectivity index (χ0n) is 23.5. The first-order chi connectivity index (χ1) is 20.6. The van der Waals surface area contributed by atoms with E-state index in [9.17, 15) is 23.4 Å². The Morgan fingerprint density at radius 3 is 2.40 bits per heavy atom. The van der Waals surface area contributed by atoms with Gasteiger partial charge >= 0.3 is 10.3 Å². The summed E-state index contributed by atoms with van der Waals surface area (Å²) >= 11 is 3.40. The maximum absolute atomic E-state index is 12.3. The molecule has 1 aliphatic rings. The number of rotatable bonds is 17. The predicted molar refractivity (Wildman–Crippen MR) is 160 cm³/mol. The molecule has 1 fully saturated rings. The van der Waals surface area contributed by atoms with Crippen LogP contribution in [0.1, 0.15) is 64.0 Å². The Labute approximate surface area is 258 Å². The van der Waals surface area contributed by atoms with E-state index in [1.54, 1.807) is 0 Å². The Hall–Kier alpha value is -2.89. The summed E-state index contributed by atoms with van der Waals surface area (Å²) in [5, 5.41) is 20.9. The molecule has 1 amide bonds. The van der Waals surface area contributed by atoms with Crippen molar-refractivity contribution in [1.29, 1.82) is 0 Å². The number of carbonyl (C=O) groups is 1. The van der Waals surface area contributed by atoms with Crippen molar-refractivity contribution in [2.45, 2.75) is 82.3 Å². The van der Waals surface area contributed by atoms with E-state index in [1.165, 1.54) is 17.2 Å². The number of anilines is 1. The van der Waals surface area contributed by atoms with Gasteiger partial charge in [-0.15, -0.1) is 0 Å². The van der Waals surface area contributed by atoms with E-state index in [2.05, 4.69) is 30.9 Å². The number of benzene rings is 1. The number of unbranched alkanes of at least 4 members (excludes halogenated alkanes) is 7. The molecule has 1 aliphatic heterocycles. The van der Waals surface area contributed by atoms with Gasteiger partial charge in [-0.25, -0.2) is 19.7 Å². The Morgan fingerprint density at radius 1 is 1.00 bits per heavy atom. The molecule has 2 aromatic heterocycles. The molecule has 0 aliphatic carbocycles. The second-order valence-corrected chi connectivity index (χ2v) is 12.5. The van der Waals surface area contributed by atoms with Crippen molar-refractivity contribution in [2.75, 3.05) is 18.9 Å². The van der Waals surface area contributed by atoms with Gasteiger partial charge in [-0.1, -0.05) is 54.5 Å². The highest BCUT2D eigenvalue weighted by Crippen LogP contribution is 2.32. The number of aliphatic hydroxyl groups is 2. The van der Waals surface area contributed by atoms with Crippen LogP contribution in [0.3, 0.4) is 0 Å². The fourth-order valence-corrected chi connectivity index (χ4v) is 5.72. The van der Waals surface area contributed by atoms with Crippen LogP contribution >= 0.6 is 15.9 Å². The van der Waals surface area contributed by atoms with Crippen LogP contribution < -0.4 is 15.2 Å². The number of nitrogens with one attached hydrogen (secondary N) is 1. The van der Waals surface area contributed by atoms with Crippen LogP contribution in [0, 0.1) is 0 Å². The molecule has 3 aromatic rings. The van der Waals surface area contributed by atoms with Gasteiger partial charge in [0.2, 0.25) is 5.91 Å². The molecule has 0 bridgehead atoms. The number of nitrogen functional groups attached to an aromatic ring is 1. The summed E-state index contributed by atoms with van der Waals surface area (Å²) in [5.41, 5.74) is 6.33. The smallest absolute Gasteiger partial charge is 0.362 e. The number of imidazole rings is 1. The molecule has 4 atom stereocenters. The van der Waals surface area contributed by atoms with Crippen LogP contribution in [0.15, 0.2) is 41.4 Å². The van der Waals surface area contributed by atoms with Gasteiger partial charge in [0, 0.05) is 10.9 Å². The number of nitrogens with two attached hydrogens (primary N) is 1. The van der Waals surface area contributed by atoms with Gasteiger partial charge in [-0.2, -0.15) is 8.42 Å². The van der Waals surface area contributed by atoms with Crippen molar-refractivity contribution in [2.24, 2.45) is 0 Å². The lowest BCUT2D eigenvalue weighted by atomic mass is 10.1. The first-order valence-corrected chi connectivity index (χ1v) is 16.4. The molecule has 4 rings (SSSR count). The van der Waals surface area contributed by atoms with Gasteiger partial charge in [-0.3, -0.25) is 13.5 Å². The van der Waals surface area contributed by atoms with Crippen LogP contribution in [0.4, 0.5) is 5.82 Å². The van der Waals surface area contributed by atoms with Gasteiger partial charge in [0.15, 0.2) is 17.7 Å². The SMILES string of the molecule is Nc1ncnc2c1ncn2[C@@H]1O[C@H](COS(=O)(=O)NC(=O)CCCCCCCCCCOc2ccc(Br)cc2)[C@@H](O)[C@H]1O. The zero-order valence-corrected chi connectivity index (χ0v) is 26.0. The van der Waals surface area contributed by atoms with E-state index in [0.29, 0.717) is 13.0 Å². The van der Waals surface area contributed by atoms with E-state index in [-0.39, 0.29) is 23.4 Å². The van der Waals surface area contributed by atoms with Crippen LogP contribution in [-0.4, -0.2) is 75.6 Å². The standard InChI is InChI=1S/C27H37BrN6O8S/c28-18-10-12-19(13-11-18)40-14-8-6-4-2-1-3-5-7-9-21(35)33-43(38,39)41-15-20-23(36)24(37)27(42-20)34-17-32-22-25(29)30-16-31-26(22)34/h10-13,16-17,20,23-24,27,36-37H,1-9,14-15H2,(H,33,35)(H2,29,30,31)/t20-,23-,24-,27-/m1/s1. The first-order valence-electron chi connectivity index (χ1n) is 14.2. The van der Waals surface area contributed by atoms with Crippen molar-refractivity contribution in [3.8, 4) is 5.75 Å². The average molecular weight is 686 g/mol. The Morgan fingerprint density at radius 2 is 1.67 bits per heavy atom. The van der Waals surface area contributed by atoms with Gasteiger partial charge in [0.1, 0.15) is 35.9 Å². The van der Waals surface area contributed by atoms with Crippen LogP contribution in [-0.2, 0) is 24.0 Å². The van der Waals surface area contributed by atoms with E-state index >= 15 is 0 Å². The molecule has 3 heterocycles. The Kier molecular flexibility index (Phi) is 12.1. The molecule has 0 saturated carbocycles. The highest BCUT2D eigenvalue weighted by molar-refractivity contribution is 9.10. The van der Waals surface area contributed by atoms with Crippen molar-refractivity contribution in [1.82, 2.24) is 24.2 Å². The number of hydrogen-bond donors (Lipinski definition) is 4. The summed E-state index contributed by atoms with van der Waals surface area (Å²) in [6.45, 7) is 0.0617. The molecular weight excluding hydrogens is 648 g/mol. The molecule has 0 radical (unpaired) electrons. The van der Waals surface area contributed by atoms with E-state index in [0.717, 1.165) is 55.2 Å². The molecule has 0 spiro atoms. The zero-order chi connectivity index (χ0) is 30.8. The third-order valence-corrected chi connectivity index (χ3v) is 8.46. The number of fused-ring (bicyclic) bond motifs is 1. The second-order valence-electron chi connectivity index (χ2n) is 10.3. The fraction of sp³-hybridized carbons (Fsp3) is 0.556. The number of halogens is 1. The molecule has 43 heavy (non-hydrogen) atoms. The van der Waals surface area contributed by atoms with Crippen molar-refractivity contribution in [3.05, 3.63) is 41.4 Å². The lowest BCUT2D eigenvalue weighted by molar-refractivity contribution is -0.119. The number of aliphatic hydroxyl groups excluding tert-OH is 2. The number of amides is 1. The number of aromatic nitrogens is 4. The molecular formula is C27H37BrN6O8S. The van der Waals surface area contributed by atoms with Gasteiger partial charge in [0.05, 0.1) is 19.5 Å².